The summed E-state index contributed by atoms with van der Waals surface area (Å²) in [7, 11) is 1.60. The third-order valence-electron chi connectivity index (χ3n) is 2.32. The van der Waals surface area contributed by atoms with Crippen molar-refractivity contribution in [3.63, 3.8) is 0 Å². The SMILES string of the molecule is C=CCN(CCOC)c1ccc([N+](=O)[O-])c(N)n1. The first kappa shape index (κ1) is 13.9. The number of hydrogen-bond acceptors (Lipinski definition) is 6. The van der Waals surface area contributed by atoms with Gasteiger partial charge in [-0.1, -0.05) is 6.08 Å². The zero-order valence-electron chi connectivity index (χ0n) is 10.2. The maximum absolute atomic E-state index is 10.6. The van der Waals surface area contributed by atoms with E-state index in [0.717, 1.165) is 0 Å². The number of nitro groups is 1. The van der Waals surface area contributed by atoms with E-state index in [2.05, 4.69) is 11.6 Å². The zero-order valence-corrected chi connectivity index (χ0v) is 10.2. The molecule has 1 rings (SSSR count). The smallest absolute Gasteiger partial charge is 0.311 e. The third kappa shape index (κ3) is 3.42. The van der Waals surface area contributed by atoms with Crippen molar-refractivity contribution in [1.29, 1.82) is 0 Å². The molecule has 0 saturated carbocycles. The lowest BCUT2D eigenvalue weighted by molar-refractivity contribution is -0.384. The summed E-state index contributed by atoms with van der Waals surface area (Å²) in [5.41, 5.74) is 5.36. The lowest BCUT2D eigenvalue weighted by Crippen LogP contribution is -2.28. The van der Waals surface area contributed by atoms with Crippen molar-refractivity contribution < 1.29 is 9.66 Å². The van der Waals surface area contributed by atoms with Gasteiger partial charge in [0, 0.05) is 26.3 Å². The average Bonchev–Trinajstić information content (AvgIpc) is 2.33. The normalized spacial score (nSPS) is 10.1. The van der Waals surface area contributed by atoms with Crippen molar-refractivity contribution in [3.05, 3.63) is 34.9 Å². The summed E-state index contributed by atoms with van der Waals surface area (Å²) in [6.45, 7) is 5.34. The molecule has 98 valence electrons. The molecule has 0 aliphatic carbocycles. The van der Waals surface area contributed by atoms with Gasteiger partial charge < -0.3 is 15.4 Å². The first-order valence-corrected chi connectivity index (χ1v) is 5.35. The van der Waals surface area contributed by atoms with Crippen LogP contribution >= 0.6 is 0 Å². The summed E-state index contributed by atoms with van der Waals surface area (Å²) < 4.78 is 4.99. The van der Waals surface area contributed by atoms with Crippen LogP contribution in [-0.4, -0.2) is 36.7 Å². The fourth-order valence-electron chi connectivity index (χ4n) is 1.44. The lowest BCUT2D eigenvalue weighted by atomic mass is 10.3. The number of pyridine rings is 1. The summed E-state index contributed by atoms with van der Waals surface area (Å²) in [5.74, 6) is 0.471. The molecule has 0 fully saturated rings. The van der Waals surface area contributed by atoms with Crippen LogP contribution in [-0.2, 0) is 4.74 Å². The van der Waals surface area contributed by atoms with Gasteiger partial charge in [-0.05, 0) is 6.07 Å². The second-order valence-corrected chi connectivity index (χ2v) is 3.56. The number of rotatable bonds is 7. The summed E-state index contributed by atoms with van der Waals surface area (Å²) >= 11 is 0. The van der Waals surface area contributed by atoms with Gasteiger partial charge in [0.15, 0.2) is 0 Å². The van der Waals surface area contributed by atoms with Crippen molar-refractivity contribution in [1.82, 2.24) is 4.98 Å². The summed E-state index contributed by atoms with van der Waals surface area (Å²) in [4.78, 5) is 16.0. The minimum absolute atomic E-state index is 0.0935. The maximum Gasteiger partial charge on any atom is 0.311 e. The number of nitrogens with two attached hydrogens (primary N) is 1. The minimum atomic E-state index is -0.556. The molecule has 0 bridgehead atoms. The topological polar surface area (TPSA) is 94.5 Å². The van der Waals surface area contributed by atoms with E-state index >= 15 is 0 Å². The van der Waals surface area contributed by atoms with Crippen molar-refractivity contribution in [2.45, 2.75) is 0 Å². The average molecular weight is 252 g/mol. The second kappa shape index (κ2) is 6.55. The number of anilines is 2. The van der Waals surface area contributed by atoms with Gasteiger partial charge in [0.2, 0.25) is 5.82 Å². The Balaban J connectivity index is 2.94. The van der Waals surface area contributed by atoms with E-state index in [-0.39, 0.29) is 11.5 Å². The number of nitrogens with zero attached hydrogens (tertiary/aromatic N) is 3. The molecule has 0 saturated heterocycles. The molecule has 0 atom stereocenters. The molecule has 1 heterocycles. The summed E-state index contributed by atoms with van der Waals surface area (Å²) in [6.07, 6.45) is 1.72. The fourth-order valence-corrected chi connectivity index (χ4v) is 1.44. The van der Waals surface area contributed by atoms with E-state index in [1.54, 1.807) is 19.3 Å². The Morgan fingerprint density at radius 3 is 2.89 bits per heavy atom. The molecule has 1 aromatic rings. The first-order valence-electron chi connectivity index (χ1n) is 5.35. The van der Waals surface area contributed by atoms with E-state index in [0.29, 0.717) is 25.5 Å². The summed E-state index contributed by atoms with van der Waals surface area (Å²) in [6, 6.07) is 2.91. The Bertz CT molecular complexity index is 436. The van der Waals surface area contributed by atoms with Crippen LogP contribution in [0.15, 0.2) is 24.8 Å². The van der Waals surface area contributed by atoms with Crippen LogP contribution in [0, 0.1) is 10.1 Å². The van der Waals surface area contributed by atoms with E-state index in [1.165, 1.54) is 6.07 Å². The molecule has 0 amide bonds. The molecule has 0 unspecified atom stereocenters. The largest absolute Gasteiger partial charge is 0.383 e. The van der Waals surface area contributed by atoms with Gasteiger partial charge in [0.1, 0.15) is 5.82 Å². The number of hydrogen-bond donors (Lipinski definition) is 1. The van der Waals surface area contributed by atoms with E-state index in [1.807, 2.05) is 4.90 Å². The second-order valence-electron chi connectivity index (χ2n) is 3.56. The molecule has 0 aliphatic rings. The Labute approximate surface area is 105 Å². The highest BCUT2D eigenvalue weighted by Gasteiger charge is 2.15. The van der Waals surface area contributed by atoms with Gasteiger partial charge in [-0.3, -0.25) is 10.1 Å². The molecule has 0 radical (unpaired) electrons. The maximum atomic E-state index is 10.6. The quantitative estimate of drug-likeness (QED) is 0.445. The standard InChI is InChI=1S/C11H16N4O3/c1-3-6-14(7-8-18-2)10-5-4-9(15(16)17)11(12)13-10/h3-5H,1,6-8H2,2H3,(H2,12,13). The van der Waals surface area contributed by atoms with Gasteiger partial charge in [-0.25, -0.2) is 4.98 Å². The van der Waals surface area contributed by atoms with Gasteiger partial charge in [-0.2, -0.15) is 0 Å². The molecule has 1 aromatic heterocycles. The molecule has 7 nitrogen and oxygen atoms in total. The van der Waals surface area contributed by atoms with Gasteiger partial charge >= 0.3 is 5.69 Å². The highest BCUT2D eigenvalue weighted by molar-refractivity contribution is 5.58. The summed E-state index contributed by atoms with van der Waals surface area (Å²) in [5, 5.41) is 10.6. The zero-order chi connectivity index (χ0) is 13.5. The van der Waals surface area contributed by atoms with Crippen molar-refractivity contribution in [2.24, 2.45) is 0 Å². The molecule has 0 aromatic carbocycles. The minimum Gasteiger partial charge on any atom is -0.383 e. The van der Waals surface area contributed by atoms with Crippen molar-refractivity contribution >= 4 is 17.3 Å². The molecule has 7 heteroatoms. The highest BCUT2D eigenvalue weighted by atomic mass is 16.6. The number of ether oxygens (including phenoxy) is 1. The van der Waals surface area contributed by atoms with Gasteiger partial charge in [-0.15, -0.1) is 6.58 Å². The van der Waals surface area contributed by atoms with Crippen LogP contribution in [0.2, 0.25) is 0 Å². The molecular weight excluding hydrogens is 236 g/mol. The molecule has 18 heavy (non-hydrogen) atoms. The molecule has 2 N–H and O–H groups in total. The van der Waals surface area contributed by atoms with Crippen LogP contribution in [0.3, 0.4) is 0 Å². The third-order valence-corrected chi connectivity index (χ3v) is 2.32. The van der Waals surface area contributed by atoms with Crippen LogP contribution in [0.5, 0.6) is 0 Å². The van der Waals surface area contributed by atoms with Crippen LogP contribution in [0.4, 0.5) is 17.3 Å². The fraction of sp³-hybridized carbons (Fsp3) is 0.364. The Morgan fingerprint density at radius 1 is 1.67 bits per heavy atom. The van der Waals surface area contributed by atoms with Crippen LogP contribution in [0.25, 0.3) is 0 Å². The van der Waals surface area contributed by atoms with Crippen molar-refractivity contribution in [2.75, 3.05) is 37.4 Å². The number of nitrogen functional groups attached to an aromatic ring is 1. The Kier molecular flexibility index (Phi) is 5.06. The molecular formula is C11H16N4O3. The predicted octanol–water partition coefficient (Wildman–Crippen LogP) is 1.21. The first-order chi connectivity index (χ1) is 8.60. The van der Waals surface area contributed by atoms with Crippen molar-refractivity contribution in [3.8, 4) is 0 Å². The number of aromatic nitrogens is 1. The van der Waals surface area contributed by atoms with Gasteiger partial charge in [0.25, 0.3) is 0 Å². The molecule has 0 spiro atoms. The Hall–Kier alpha value is -2.15. The van der Waals surface area contributed by atoms with Gasteiger partial charge in [0.05, 0.1) is 11.5 Å². The predicted molar refractivity (Wildman–Crippen MR) is 69.6 cm³/mol. The monoisotopic (exact) mass is 252 g/mol. The van der Waals surface area contributed by atoms with E-state index in [4.69, 9.17) is 10.5 Å². The van der Waals surface area contributed by atoms with E-state index < -0.39 is 4.92 Å². The van der Waals surface area contributed by atoms with Crippen LogP contribution in [0.1, 0.15) is 0 Å². The Morgan fingerprint density at radius 2 is 2.39 bits per heavy atom. The van der Waals surface area contributed by atoms with E-state index in [9.17, 15) is 10.1 Å². The van der Waals surface area contributed by atoms with Crippen LogP contribution < -0.4 is 10.6 Å². The lowest BCUT2D eigenvalue weighted by Gasteiger charge is -2.21. The highest BCUT2D eigenvalue weighted by Crippen LogP contribution is 2.22. The molecule has 0 aliphatic heterocycles. The number of methoxy groups -OCH3 is 1.